The highest BCUT2D eigenvalue weighted by molar-refractivity contribution is 5.77. The summed E-state index contributed by atoms with van der Waals surface area (Å²) in [4.78, 5) is 7.49. The molecule has 114 valence electrons. The monoisotopic (exact) mass is 286 g/mol. The second-order valence-electron chi connectivity index (χ2n) is 6.01. The Labute approximate surface area is 126 Å². The number of fused-ring (bicyclic) bond motifs is 1. The van der Waals surface area contributed by atoms with Crippen molar-refractivity contribution >= 4 is 11.0 Å². The number of hydrogen-bond donors (Lipinski definition) is 1. The SMILES string of the molecule is CCc1ccc2c(c1)nc(C(C)N1CCCC1)n2CCN. The molecule has 2 N–H and O–H groups in total. The predicted molar refractivity (Wildman–Crippen MR) is 87.4 cm³/mol. The molecule has 0 spiro atoms. The van der Waals surface area contributed by atoms with Gasteiger partial charge in [-0.05, 0) is 57.0 Å². The van der Waals surface area contributed by atoms with Gasteiger partial charge < -0.3 is 10.3 Å². The third kappa shape index (κ3) is 2.70. The molecule has 4 nitrogen and oxygen atoms in total. The first-order chi connectivity index (χ1) is 10.2. The van der Waals surface area contributed by atoms with Crippen molar-refractivity contribution in [1.29, 1.82) is 0 Å². The van der Waals surface area contributed by atoms with Crippen molar-refractivity contribution in [3.8, 4) is 0 Å². The fourth-order valence-electron chi connectivity index (χ4n) is 3.39. The predicted octanol–water partition coefficient (Wildman–Crippen LogP) is 2.71. The molecule has 2 aromatic rings. The summed E-state index contributed by atoms with van der Waals surface area (Å²) in [7, 11) is 0. The Morgan fingerprint density at radius 1 is 1.29 bits per heavy atom. The lowest BCUT2D eigenvalue weighted by molar-refractivity contribution is 0.248. The van der Waals surface area contributed by atoms with Crippen molar-refractivity contribution < 1.29 is 0 Å². The maximum Gasteiger partial charge on any atom is 0.127 e. The minimum absolute atomic E-state index is 0.372. The Morgan fingerprint density at radius 3 is 2.71 bits per heavy atom. The van der Waals surface area contributed by atoms with E-state index in [0.29, 0.717) is 12.6 Å². The Hall–Kier alpha value is -1.39. The molecule has 4 heteroatoms. The molecule has 0 amide bonds. The minimum Gasteiger partial charge on any atom is -0.329 e. The van der Waals surface area contributed by atoms with Crippen LogP contribution in [0.15, 0.2) is 18.2 Å². The molecule has 1 aliphatic heterocycles. The van der Waals surface area contributed by atoms with Gasteiger partial charge >= 0.3 is 0 Å². The standard InChI is InChI=1S/C17H26N4/c1-3-14-6-7-16-15(12-14)19-17(21(16)11-8-18)13(2)20-9-4-5-10-20/h6-7,12-13H,3-5,8-11,18H2,1-2H3. The van der Waals surface area contributed by atoms with Crippen LogP contribution in [-0.2, 0) is 13.0 Å². The molecule has 0 radical (unpaired) electrons. The summed E-state index contributed by atoms with van der Waals surface area (Å²) < 4.78 is 2.32. The molecule has 1 saturated heterocycles. The molecular weight excluding hydrogens is 260 g/mol. The quantitative estimate of drug-likeness (QED) is 0.919. The normalized spacial score (nSPS) is 17.7. The molecule has 1 fully saturated rings. The summed E-state index contributed by atoms with van der Waals surface area (Å²) in [6.45, 7) is 8.34. The van der Waals surface area contributed by atoms with Crippen LogP contribution in [0.5, 0.6) is 0 Å². The summed E-state index contributed by atoms with van der Waals surface area (Å²) in [6.07, 6.45) is 3.67. The molecule has 2 heterocycles. The number of rotatable bonds is 5. The van der Waals surface area contributed by atoms with Crippen LogP contribution in [0.25, 0.3) is 11.0 Å². The second kappa shape index (κ2) is 6.16. The molecule has 1 aromatic carbocycles. The lowest BCUT2D eigenvalue weighted by atomic mass is 10.1. The zero-order valence-electron chi connectivity index (χ0n) is 13.2. The summed E-state index contributed by atoms with van der Waals surface area (Å²) >= 11 is 0. The molecular formula is C17H26N4. The fraction of sp³-hybridized carbons (Fsp3) is 0.588. The van der Waals surface area contributed by atoms with Crippen LogP contribution in [0.1, 0.15) is 44.1 Å². The van der Waals surface area contributed by atoms with Crippen molar-refractivity contribution in [3.05, 3.63) is 29.6 Å². The van der Waals surface area contributed by atoms with Crippen LogP contribution < -0.4 is 5.73 Å². The second-order valence-corrected chi connectivity index (χ2v) is 6.01. The molecule has 1 atom stereocenters. The van der Waals surface area contributed by atoms with Crippen molar-refractivity contribution in [2.45, 2.75) is 45.7 Å². The third-order valence-corrected chi connectivity index (χ3v) is 4.67. The number of aromatic nitrogens is 2. The Bertz CT molecular complexity index is 611. The van der Waals surface area contributed by atoms with Crippen LogP contribution in [0.2, 0.25) is 0 Å². The largest absolute Gasteiger partial charge is 0.329 e. The fourth-order valence-corrected chi connectivity index (χ4v) is 3.39. The van der Waals surface area contributed by atoms with Gasteiger partial charge in [0.15, 0.2) is 0 Å². The van der Waals surface area contributed by atoms with Crippen molar-refractivity contribution in [3.63, 3.8) is 0 Å². The summed E-state index contributed by atoms with van der Waals surface area (Å²) in [5, 5.41) is 0. The first-order valence-electron chi connectivity index (χ1n) is 8.17. The topological polar surface area (TPSA) is 47.1 Å². The van der Waals surface area contributed by atoms with E-state index in [9.17, 15) is 0 Å². The number of imidazole rings is 1. The van der Waals surface area contributed by atoms with Gasteiger partial charge in [0.25, 0.3) is 0 Å². The number of benzene rings is 1. The number of hydrogen-bond acceptors (Lipinski definition) is 3. The van der Waals surface area contributed by atoms with E-state index in [0.717, 1.165) is 18.5 Å². The first-order valence-corrected chi connectivity index (χ1v) is 8.17. The Morgan fingerprint density at radius 2 is 2.05 bits per heavy atom. The van der Waals surface area contributed by atoms with Crippen LogP contribution in [0.3, 0.4) is 0 Å². The zero-order valence-corrected chi connectivity index (χ0v) is 13.2. The third-order valence-electron chi connectivity index (χ3n) is 4.67. The summed E-state index contributed by atoms with van der Waals surface area (Å²) in [5.41, 5.74) is 9.51. The van der Waals surface area contributed by atoms with Gasteiger partial charge in [-0.2, -0.15) is 0 Å². The van der Waals surface area contributed by atoms with Crippen LogP contribution in [0, 0.1) is 0 Å². The minimum atomic E-state index is 0.372. The van der Waals surface area contributed by atoms with E-state index in [2.05, 4.69) is 41.5 Å². The van der Waals surface area contributed by atoms with E-state index in [1.54, 1.807) is 0 Å². The van der Waals surface area contributed by atoms with Gasteiger partial charge in [0, 0.05) is 13.1 Å². The van der Waals surface area contributed by atoms with E-state index in [-0.39, 0.29) is 0 Å². The van der Waals surface area contributed by atoms with Crippen molar-refractivity contribution in [2.24, 2.45) is 5.73 Å². The lowest BCUT2D eigenvalue weighted by Crippen LogP contribution is -2.26. The van der Waals surface area contributed by atoms with Gasteiger partial charge in [-0.15, -0.1) is 0 Å². The summed E-state index contributed by atoms with van der Waals surface area (Å²) in [6, 6.07) is 7.01. The van der Waals surface area contributed by atoms with Crippen molar-refractivity contribution in [2.75, 3.05) is 19.6 Å². The average molecular weight is 286 g/mol. The van der Waals surface area contributed by atoms with Gasteiger partial charge in [-0.25, -0.2) is 4.98 Å². The van der Waals surface area contributed by atoms with E-state index in [4.69, 9.17) is 10.7 Å². The molecule has 1 unspecified atom stereocenters. The highest BCUT2D eigenvalue weighted by Gasteiger charge is 2.24. The molecule has 1 aromatic heterocycles. The molecule has 0 aliphatic carbocycles. The smallest absolute Gasteiger partial charge is 0.127 e. The first kappa shape index (κ1) is 14.5. The number of nitrogens with zero attached hydrogens (tertiary/aromatic N) is 3. The van der Waals surface area contributed by atoms with Gasteiger partial charge in [-0.3, -0.25) is 4.90 Å². The van der Waals surface area contributed by atoms with Gasteiger partial charge in [0.1, 0.15) is 5.82 Å². The van der Waals surface area contributed by atoms with E-state index in [1.807, 2.05) is 0 Å². The van der Waals surface area contributed by atoms with Crippen LogP contribution in [0.4, 0.5) is 0 Å². The van der Waals surface area contributed by atoms with Crippen LogP contribution >= 0.6 is 0 Å². The van der Waals surface area contributed by atoms with Gasteiger partial charge in [0.05, 0.1) is 17.1 Å². The zero-order chi connectivity index (χ0) is 14.8. The van der Waals surface area contributed by atoms with E-state index < -0.39 is 0 Å². The molecule has 0 bridgehead atoms. The number of nitrogens with two attached hydrogens (primary N) is 1. The van der Waals surface area contributed by atoms with E-state index in [1.165, 1.54) is 42.8 Å². The number of likely N-dealkylation sites (tertiary alicyclic amines) is 1. The molecule has 1 aliphatic rings. The average Bonchev–Trinajstić information content (AvgIpc) is 3.14. The van der Waals surface area contributed by atoms with Crippen molar-refractivity contribution in [1.82, 2.24) is 14.5 Å². The maximum absolute atomic E-state index is 5.83. The Balaban J connectivity index is 2.04. The highest BCUT2D eigenvalue weighted by atomic mass is 15.2. The Kier molecular flexibility index (Phi) is 4.27. The van der Waals surface area contributed by atoms with E-state index >= 15 is 0 Å². The maximum atomic E-state index is 5.83. The molecule has 0 saturated carbocycles. The van der Waals surface area contributed by atoms with Gasteiger partial charge in [0.2, 0.25) is 0 Å². The van der Waals surface area contributed by atoms with Gasteiger partial charge in [-0.1, -0.05) is 13.0 Å². The van der Waals surface area contributed by atoms with Crippen LogP contribution in [-0.4, -0.2) is 34.1 Å². The molecule has 3 rings (SSSR count). The lowest BCUT2D eigenvalue weighted by Gasteiger charge is -2.24. The molecule has 21 heavy (non-hydrogen) atoms. The summed E-state index contributed by atoms with van der Waals surface area (Å²) in [5.74, 6) is 1.17. The number of aryl methyl sites for hydroxylation is 1. The highest BCUT2D eigenvalue weighted by Crippen LogP contribution is 2.27.